The van der Waals surface area contributed by atoms with Crippen molar-refractivity contribution in [3.63, 3.8) is 0 Å². The number of carbonyl (C=O) groups excluding carboxylic acids is 2. The van der Waals surface area contributed by atoms with Gasteiger partial charge in [-0.05, 0) is 41.5 Å². The highest BCUT2D eigenvalue weighted by Gasteiger charge is 2.43. The van der Waals surface area contributed by atoms with Gasteiger partial charge in [0.05, 0.1) is 6.04 Å². The molecule has 35 heavy (non-hydrogen) atoms. The maximum absolute atomic E-state index is 12.5. The molecule has 1 unspecified atom stereocenters. The minimum atomic E-state index is -1.09. The maximum atomic E-state index is 12.5. The third-order valence-electron chi connectivity index (χ3n) is 6.58. The molecule has 2 aromatic carbocycles. The fourth-order valence-corrected chi connectivity index (χ4v) is 5.43. The van der Waals surface area contributed by atoms with Gasteiger partial charge in [0, 0.05) is 23.8 Å². The van der Waals surface area contributed by atoms with Gasteiger partial charge in [-0.3, -0.25) is 4.79 Å². The van der Waals surface area contributed by atoms with Crippen LogP contribution in [0.5, 0.6) is 0 Å². The first-order chi connectivity index (χ1) is 16.9. The molecule has 0 radical (unpaired) electrons. The minimum absolute atomic E-state index is 0.00147. The Balaban J connectivity index is 1.08. The van der Waals surface area contributed by atoms with Gasteiger partial charge >= 0.3 is 12.1 Å². The molecular weight excluding hydrogens is 466 g/mol. The molecule has 0 saturated heterocycles. The number of aromatic nitrogens is 1. The number of amides is 2. The lowest BCUT2D eigenvalue weighted by atomic mass is 9.98. The van der Waals surface area contributed by atoms with E-state index in [1.807, 2.05) is 24.3 Å². The number of thiazole rings is 1. The van der Waals surface area contributed by atoms with E-state index in [9.17, 15) is 14.4 Å². The topological polar surface area (TPSA) is 118 Å². The number of carboxylic acids is 1. The molecule has 3 N–H and O–H groups in total. The summed E-state index contributed by atoms with van der Waals surface area (Å²) in [4.78, 5) is 39.9. The summed E-state index contributed by atoms with van der Waals surface area (Å²) in [6.45, 7) is 2.39. The molecule has 1 aromatic heterocycles. The summed E-state index contributed by atoms with van der Waals surface area (Å²) in [6, 6.07) is 16.0. The van der Waals surface area contributed by atoms with Crippen LogP contribution < -0.4 is 10.6 Å². The molecule has 3 aromatic rings. The zero-order chi connectivity index (χ0) is 24.5. The molecule has 5 rings (SSSR count). The predicted octanol–water partition coefficient (Wildman–Crippen LogP) is 4.19. The van der Waals surface area contributed by atoms with Crippen LogP contribution in [0.2, 0.25) is 0 Å². The summed E-state index contributed by atoms with van der Waals surface area (Å²) in [5.74, 6) is -1.35. The molecule has 1 heterocycles. The molecule has 180 valence electrons. The number of hydrogen-bond donors (Lipinski definition) is 3. The van der Waals surface area contributed by atoms with E-state index in [1.54, 1.807) is 6.92 Å². The van der Waals surface area contributed by atoms with E-state index in [1.165, 1.54) is 27.8 Å². The van der Waals surface area contributed by atoms with Crippen LogP contribution >= 0.6 is 11.3 Å². The van der Waals surface area contributed by atoms with Crippen LogP contribution in [0, 0.1) is 11.8 Å². The Bertz CT molecular complexity index is 1240. The third-order valence-corrected chi connectivity index (χ3v) is 7.61. The second-order valence-electron chi connectivity index (χ2n) is 8.92. The SMILES string of the molecule is CC(NC(=O)[C@H]1C[C@H]1CNC(=O)OCC1c2ccccc2-c2ccccc21)c1nc(C(=O)O)cs1. The van der Waals surface area contributed by atoms with Gasteiger partial charge in [-0.2, -0.15) is 0 Å². The summed E-state index contributed by atoms with van der Waals surface area (Å²) < 4.78 is 5.55. The number of carboxylic acid groups (broad SMARTS) is 1. The Kier molecular flexibility index (Phi) is 6.25. The van der Waals surface area contributed by atoms with Crippen molar-refractivity contribution in [3.05, 3.63) is 75.7 Å². The highest BCUT2D eigenvalue weighted by Crippen LogP contribution is 2.44. The fourth-order valence-electron chi connectivity index (χ4n) is 4.63. The fraction of sp³-hybridized carbons (Fsp3) is 0.308. The van der Waals surface area contributed by atoms with Gasteiger partial charge in [0.2, 0.25) is 5.91 Å². The van der Waals surface area contributed by atoms with E-state index in [0.717, 1.165) is 11.1 Å². The molecule has 1 saturated carbocycles. The van der Waals surface area contributed by atoms with Gasteiger partial charge < -0.3 is 20.5 Å². The molecule has 2 aliphatic carbocycles. The Hall–Kier alpha value is -3.72. The van der Waals surface area contributed by atoms with E-state index >= 15 is 0 Å². The number of ether oxygens (including phenoxy) is 1. The average Bonchev–Trinajstić information content (AvgIpc) is 3.33. The van der Waals surface area contributed by atoms with Gasteiger partial charge in [-0.25, -0.2) is 14.6 Å². The number of fused-ring (bicyclic) bond motifs is 3. The first-order valence-electron chi connectivity index (χ1n) is 11.5. The van der Waals surface area contributed by atoms with Crippen molar-refractivity contribution in [2.75, 3.05) is 13.2 Å². The van der Waals surface area contributed by atoms with E-state index in [-0.39, 0.29) is 42.0 Å². The highest BCUT2D eigenvalue weighted by molar-refractivity contribution is 7.09. The van der Waals surface area contributed by atoms with Gasteiger partial charge in [0.25, 0.3) is 0 Å². The number of benzene rings is 2. The number of rotatable bonds is 8. The lowest BCUT2D eigenvalue weighted by molar-refractivity contribution is -0.123. The lowest BCUT2D eigenvalue weighted by Crippen LogP contribution is -2.31. The van der Waals surface area contributed by atoms with E-state index in [0.29, 0.717) is 18.0 Å². The number of hydrogen-bond acceptors (Lipinski definition) is 6. The van der Waals surface area contributed by atoms with Crippen LogP contribution in [0.3, 0.4) is 0 Å². The number of nitrogens with one attached hydrogen (secondary N) is 2. The molecular formula is C26H25N3O5S. The summed E-state index contributed by atoms with van der Waals surface area (Å²) in [5.41, 5.74) is 4.64. The van der Waals surface area contributed by atoms with Crippen LogP contribution in [0.15, 0.2) is 53.9 Å². The van der Waals surface area contributed by atoms with Crippen molar-refractivity contribution >= 4 is 29.3 Å². The quantitative estimate of drug-likeness (QED) is 0.435. The summed E-state index contributed by atoms with van der Waals surface area (Å²) in [6.07, 6.45) is 0.191. The van der Waals surface area contributed by atoms with Crippen molar-refractivity contribution < 1.29 is 24.2 Å². The van der Waals surface area contributed by atoms with Crippen LogP contribution in [-0.4, -0.2) is 41.2 Å². The molecule has 0 spiro atoms. The third kappa shape index (κ3) is 4.77. The van der Waals surface area contributed by atoms with Crippen LogP contribution in [0.1, 0.15) is 51.9 Å². The first kappa shape index (κ1) is 23.0. The van der Waals surface area contributed by atoms with Crippen molar-refractivity contribution in [1.82, 2.24) is 15.6 Å². The van der Waals surface area contributed by atoms with Crippen LogP contribution in [0.4, 0.5) is 4.79 Å². The first-order valence-corrected chi connectivity index (χ1v) is 12.4. The molecule has 9 heteroatoms. The lowest BCUT2D eigenvalue weighted by Gasteiger charge is -2.14. The minimum Gasteiger partial charge on any atom is -0.476 e. The number of alkyl carbamates (subject to hydrolysis) is 1. The Morgan fingerprint density at radius 2 is 1.77 bits per heavy atom. The molecule has 3 atom stereocenters. The number of carbonyl (C=O) groups is 3. The van der Waals surface area contributed by atoms with Crippen LogP contribution in [0.25, 0.3) is 11.1 Å². The van der Waals surface area contributed by atoms with E-state index in [2.05, 4.69) is 39.9 Å². The Morgan fingerprint density at radius 3 is 2.40 bits per heavy atom. The van der Waals surface area contributed by atoms with Gasteiger partial charge in [-0.1, -0.05) is 48.5 Å². The largest absolute Gasteiger partial charge is 0.476 e. The standard InChI is InChI=1S/C26H25N3O5S/c1-14(24-29-22(13-35-24)25(31)32)28-23(30)20-10-15(20)11-27-26(33)34-12-21-18-8-4-2-6-16(18)17-7-3-5-9-19(17)21/h2-9,13-15,20-21H,10-12H2,1H3,(H,27,33)(H,28,30)(H,31,32)/t14?,15-,20-/m0/s1. The van der Waals surface area contributed by atoms with Crippen molar-refractivity contribution in [3.8, 4) is 11.1 Å². The predicted molar refractivity (Wildman–Crippen MR) is 130 cm³/mol. The molecule has 8 nitrogen and oxygen atoms in total. The molecule has 2 amide bonds. The molecule has 2 aliphatic rings. The monoisotopic (exact) mass is 491 g/mol. The zero-order valence-corrected chi connectivity index (χ0v) is 19.9. The summed E-state index contributed by atoms with van der Waals surface area (Å²) in [5, 5.41) is 16.7. The van der Waals surface area contributed by atoms with Gasteiger partial charge in [0.1, 0.15) is 11.6 Å². The maximum Gasteiger partial charge on any atom is 0.407 e. The van der Waals surface area contributed by atoms with Crippen molar-refractivity contribution in [2.24, 2.45) is 11.8 Å². The smallest absolute Gasteiger partial charge is 0.407 e. The van der Waals surface area contributed by atoms with E-state index < -0.39 is 12.1 Å². The molecule has 0 bridgehead atoms. The second-order valence-corrected chi connectivity index (χ2v) is 9.80. The summed E-state index contributed by atoms with van der Waals surface area (Å²) in [7, 11) is 0. The average molecular weight is 492 g/mol. The normalized spacial score (nSPS) is 18.8. The van der Waals surface area contributed by atoms with E-state index in [4.69, 9.17) is 9.84 Å². The molecule has 0 aliphatic heterocycles. The van der Waals surface area contributed by atoms with Gasteiger partial charge in [0.15, 0.2) is 5.69 Å². The zero-order valence-electron chi connectivity index (χ0n) is 19.1. The van der Waals surface area contributed by atoms with Crippen molar-refractivity contribution in [1.29, 1.82) is 0 Å². The highest BCUT2D eigenvalue weighted by atomic mass is 32.1. The Labute approximate surface area is 206 Å². The second kappa shape index (κ2) is 9.50. The van der Waals surface area contributed by atoms with Crippen molar-refractivity contribution in [2.45, 2.75) is 25.3 Å². The van der Waals surface area contributed by atoms with Crippen LogP contribution in [-0.2, 0) is 9.53 Å². The Morgan fingerprint density at radius 1 is 1.11 bits per heavy atom. The van der Waals surface area contributed by atoms with Gasteiger partial charge in [-0.15, -0.1) is 11.3 Å². The summed E-state index contributed by atoms with van der Waals surface area (Å²) >= 11 is 1.20. The number of nitrogens with zero attached hydrogens (tertiary/aromatic N) is 1. The number of aromatic carboxylic acids is 1. The molecule has 1 fully saturated rings.